The number of nitrogens with zero attached hydrogens (tertiary/aromatic N) is 1. The van der Waals surface area contributed by atoms with Gasteiger partial charge in [0.1, 0.15) is 0 Å². The third kappa shape index (κ3) is 3.83. The Kier molecular flexibility index (Phi) is 5.19. The van der Waals surface area contributed by atoms with E-state index in [1.165, 1.54) is 6.26 Å². The Bertz CT molecular complexity index is 488. The Hall–Kier alpha value is -1.34. The Morgan fingerprint density at radius 2 is 2.35 bits per heavy atom. The Morgan fingerprint density at radius 3 is 3.00 bits per heavy atom. The molecule has 1 amide bonds. The van der Waals surface area contributed by atoms with Crippen LogP contribution in [0.15, 0.2) is 21.4 Å². The Morgan fingerprint density at radius 1 is 1.55 bits per heavy atom. The second kappa shape index (κ2) is 6.90. The molecule has 2 N–H and O–H groups in total. The van der Waals surface area contributed by atoms with Crippen molar-refractivity contribution in [3.05, 3.63) is 22.6 Å². The summed E-state index contributed by atoms with van der Waals surface area (Å²) in [5.74, 6) is -0.623. The van der Waals surface area contributed by atoms with Crippen molar-refractivity contribution in [1.82, 2.24) is 10.2 Å². The van der Waals surface area contributed by atoms with Crippen molar-refractivity contribution >= 4 is 27.8 Å². The third-order valence-electron chi connectivity index (χ3n) is 3.36. The number of piperidine rings is 1. The predicted molar refractivity (Wildman–Crippen MR) is 75.5 cm³/mol. The van der Waals surface area contributed by atoms with E-state index >= 15 is 0 Å². The summed E-state index contributed by atoms with van der Waals surface area (Å²) in [6, 6.07) is 1.65. The molecule has 2 heterocycles. The molecule has 1 aromatic rings. The second-order valence-corrected chi connectivity index (χ2v) is 5.61. The minimum atomic E-state index is -0.865. The van der Waals surface area contributed by atoms with Crippen LogP contribution in [0.5, 0.6) is 0 Å². The van der Waals surface area contributed by atoms with E-state index in [9.17, 15) is 9.59 Å². The minimum Gasteiger partial charge on any atom is -0.480 e. The number of carboxylic acids is 1. The molecule has 1 atom stereocenters. The molecule has 0 bridgehead atoms. The highest BCUT2D eigenvalue weighted by Gasteiger charge is 2.26. The van der Waals surface area contributed by atoms with E-state index in [0.717, 1.165) is 19.4 Å². The molecule has 0 radical (unpaired) electrons. The van der Waals surface area contributed by atoms with Gasteiger partial charge in [0.15, 0.2) is 4.67 Å². The second-order valence-electron chi connectivity index (χ2n) is 4.89. The predicted octanol–water partition coefficient (Wildman–Crippen LogP) is 1.57. The van der Waals surface area contributed by atoms with E-state index < -0.39 is 5.97 Å². The van der Waals surface area contributed by atoms with Gasteiger partial charge in [-0.1, -0.05) is 0 Å². The zero-order chi connectivity index (χ0) is 14.5. The van der Waals surface area contributed by atoms with Crippen molar-refractivity contribution < 1.29 is 19.1 Å². The molecule has 1 saturated heterocycles. The summed E-state index contributed by atoms with van der Waals surface area (Å²) in [4.78, 5) is 24.6. The van der Waals surface area contributed by atoms with Gasteiger partial charge in [-0.05, 0) is 40.8 Å². The molecular formula is C13H17BrN2O4. The number of nitrogens with one attached hydrogen (secondary N) is 1. The minimum absolute atomic E-state index is 0.0439. The number of hydrogen-bond acceptors (Lipinski definition) is 4. The van der Waals surface area contributed by atoms with Gasteiger partial charge >= 0.3 is 5.97 Å². The molecule has 1 aromatic heterocycles. The van der Waals surface area contributed by atoms with E-state index in [2.05, 4.69) is 21.2 Å². The molecular weight excluding hydrogens is 328 g/mol. The molecule has 6 nitrogen and oxygen atoms in total. The fourth-order valence-corrected chi connectivity index (χ4v) is 2.83. The van der Waals surface area contributed by atoms with Gasteiger partial charge in [0.05, 0.1) is 18.4 Å². The normalized spacial score (nSPS) is 19.1. The first-order chi connectivity index (χ1) is 9.58. The van der Waals surface area contributed by atoms with Crippen molar-refractivity contribution in [2.75, 3.05) is 26.2 Å². The van der Waals surface area contributed by atoms with E-state index in [4.69, 9.17) is 9.52 Å². The molecule has 20 heavy (non-hydrogen) atoms. The molecule has 1 aliphatic heterocycles. The van der Waals surface area contributed by atoms with Crippen LogP contribution < -0.4 is 5.32 Å². The Labute approximate surface area is 125 Å². The van der Waals surface area contributed by atoms with Crippen LogP contribution in [0.3, 0.4) is 0 Å². The van der Waals surface area contributed by atoms with E-state index in [0.29, 0.717) is 23.3 Å². The number of furan rings is 1. The first-order valence-corrected chi connectivity index (χ1v) is 7.32. The maximum Gasteiger partial charge on any atom is 0.317 e. The van der Waals surface area contributed by atoms with Crippen LogP contribution in [-0.2, 0) is 4.79 Å². The van der Waals surface area contributed by atoms with Gasteiger partial charge in [-0.15, -0.1) is 0 Å². The molecule has 1 fully saturated rings. The van der Waals surface area contributed by atoms with E-state index in [1.807, 2.05) is 0 Å². The third-order valence-corrected chi connectivity index (χ3v) is 3.98. The van der Waals surface area contributed by atoms with Crippen LogP contribution in [-0.4, -0.2) is 48.1 Å². The summed E-state index contributed by atoms with van der Waals surface area (Å²) in [7, 11) is 0. The van der Waals surface area contributed by atoms with Crippen LogP contribution in [0.4, 0.5) is 0 Å². The molecule has 7 heteroatoms. The zero-order valence-corrected chi connectivity index (χ0v) is 12.6. The number of likely N-dealkylation sites (tertiary alicyclic amines) is 1. The summed E-state index contributed by atoms with van der Waals surface area (Å²) in [6.07, 6.45) is 3.41. The lowest BCUT2D eigenvalue weighted by atomic mass is 9.97. The molecule has 0 aromatic carbocycles. The van der Waals surface area contributed by atoms with Gasteiger partial charge in [0.25, 0.3) is 5.91 Å². The van der Waals surface area contributed by atoms with Crippen LogP contribution >= 0.6 is 15.9 Å². The summed E-state index contributed by atoms with van der Waals surface area (Å²) < 4.78 is 5.54. The lowest BCUT2D eigenvalue weighted by molar-refractivity contribution is -0.136. The fourth-order valence-electron chi connectivity index (χ4n) is 2.42. The lowest BCUT2D eigenvalue weighted by Gasteiger charge is -2.32. The van der Waals surface area contributed by atoms with Gasteiger partial charge < -0.3 is 19.7 Å². The van der Waals surface area contributed by atoms with Gasteiger partial charge in [-0.25, -0.2) is 0 Å². The Balaban J connectivity index is 1.88. The molecule has 1 unspecified atom stereocenters. The topological polar surface area (TPSA) is 82.8 Å². The molecule has 0 aliphatic carbocycles. The maximum absolute atomic E-state index is 12.3. The largest absolute Gasteiger partial charge is 0.480 e. The lowest BCUT2D eigenvalue weighted by Crippen LogP contribution is -2.43. The average molecular weight is 345 g/mol. The van der Waals surface area contributed by atoms with Crippen LogP contribution in [0.2, 0.25) is 0 Å². The number of amides is 1. The fraction of sp³-hybridized carbons (Fsp3) is 0.538. The first-order valence-electron chi connectivity index (χ1n) is 6.52. The monoisotopic (exact) mass is 344 g/mol. The van der Waals surface area contributed by atoms with Crippen molar-refractivity contribution in [3.63, 3.8) is 0 Å². The molecule has 110 valence electrons. The van der Waals surface area contributed by atoms with E-state index in [1.54, 1.807) is 11.0 Å². The number of carboxylic acid groups (broad SMARTS) is 1. The molecule has 0 spiro atoms. The standard InChI is InChI=1S/C13H17BrN2O4/c14-12-10(3-5-20-12)13(19)16-4-1-2-9(8-16)6-15-7-11(17)18/h3,5,9,15H,1-2,4,6-8H2,(H,17,18). The summed E-state index contributed by atoms with van der Waals surface area (Å²) >= 11 is 3.21. The number of carbonyl (C=O) groups is 2. The highest BCUT2D eigenvalue weighted by Crippen LogP contribution is 2.23. The number of aliphatic carboxylic acids is 1. The van der Waals surface area contributed by atoms with Crippen molar-refractivity contribution in [1.29, 1.82) is 0 Å². The number of halogens is 1. The van der Waals surface area contributed by atoms with Gasteiger partial charge in [-0.3, -0.25) is 9.59 Å². The number of hydrogen-bond donors (Lipinski definition) is 2. The maximum atomic E-state index is 12.3. The SMILES string of the molecule is O=C(O)CNCC1CCCN(C(=O)c2ccoc2Br)C1. The van der Waals surface area contributed by atoms with Gasteiger partial charge in [-0.2, -0.15) is 0 Å². The highest BCUT2D eigenvalue weighted by molar-refractivity contribution is 9.10. The number of rotatable bonds is 5. The summed E-state index contributed by atoms with van der Waals surface area (Å²) in [5.41, 5.74) is 0.532. The van der Waals surface area contributed by atoms with Crippen LogP contribution in [0.1, 0.15) is 23.2 Å². The highest BCUT2D eigenvalue weighted by atomic mass is 79.9. The summed E-state index contributed by atoms with van der Waals surface area (Å²) in [6.45, 7) is 1.94. The molecule has 1 aliphatic rings. The quantitative estimate of drug-likeness (QED) is 0.847. The van der Waals surface area contributed by atoms with Crippen molar-refractivity contribution in [2.45, 2.75) is 12.8 Å². The molecule has 2 rings (SSSR count). The smallest absolute Gasteiger partial charge is 0.317 e. The summed E-state index contributed by atoms with van der Waals surface area (Å²) in [5, 5.41) is 11.5. The van der Waals surface area contributed by atoms with E-state index in [-0.39, 0.29) is 18.4 Å². The molecule has 0 saturated carbocycles. The van der Waals surface area contributed by atoms with Gasteiger partial charge in [0, 0.05) is 19.6 Å². The number of carbonyl (C=O) groups excluding carboxylic acids is 1. The van der Waals surface area contributed by atoms with Gasteiger partial charge in [0.2, 0.25) is 0 Å². The van der Waals surface area contributed by atoms with Crippen molar-refractivity contribution in [3.8, 4) is 0 Å². The zero-order valence-electron chi connectivity index (χ0n) is 11.0. The average Bonchev–Trinajstić information content (AvgIpc) is 2.84. The van der Waals surface area contributed by atoms with Crippen LogP contribution in [0.25, 0.3) is 0 Å². The first kappa shape index (κ1) is 15.1. The van der Waals surface area contributed by atoms with Crippen molar-refractivity contribution in [2.24, 2.45) is 5.92 Å². The van der Waals surface area contributed by atoms with Crippen LogP contribution in [0, 0.1) is 5.92 Å².